The Morgan fingerprint density at radius 1 is 1.54 bits per heavy atom. The van der Waals surface area contributed by atoms with Crippen LogP contribution < -0.4 is 11.5 Å². The highest BCUT2D eigenvalue weighted by Crippen LogP contribution is 2.02. The van der Waals surface area contributed by atoms with Gasteiger partial charge in [0, 0.05) is 6.61 Å². The second-order valence-corrected chi connectivity index (χ2v) is 4.02. The summed E-state index contributed by atoms with van der Waals surface area (Å²) in [5.74, 6) is 0.0645. The van der Waals surface area contributed by atoms with Gasteiger partial charge in [-0.3, -0.25) is 4.79 Å². The van der Waals surface area contributed by atoms with Gasteiger partial charge in [-0.2, -0.15) is 0 Å². The van der Waals surface area contributed by atoms with Crippen molar-refractivity contribution in [1.29, 1.82) is 0 Å². The van der Waals surface area contributed by atoms with E-state index in [0.717, 1.165) is 6.42 Å². The highest BCUT2D eigenvalue weighted by molar-refractivity contribution is 5.83. The summed E-state index contributed by atoms with van der Waals surface area (Å²) < 4.78 is 5.24. The smallest absolute Gasteiger partial charge is 0.239 e. The van der Waals surface area contributed by atoms with Gasteiger partial charge in [0.25, 0.3) is 0 Å². The van der Waals surface area contributed by atoms with Crippen LogP contribution in [0.3, 0.4) is 0 Å². The molecule has 78 valence electrons. The SMILES string of the molecule is CC(C)CCOCC(C)(N)C(N)=O. The summed E-state index contributed by atoms with van der Waals surface area (Å²) in [6, 6.07) is 0. The third-order valence-electron chi connectivity index (χ3n) is 1.80. The zero-order valence-electron chi connectivity index (χ0n) is 8.67. The Morgan fingerprint density at radius 2 is 2.08 bits per heavy atom. The van der Waals surface area contributed by atoms with Gasteiger partial charge in [-0.15, -0.1) is 0 Å². The van der Waals surface area contributed by atoms with E-state index in [9.17, 15) is 4.79 Å². The second-order valence-electron chi connectivity index (χ2n) is 4.02. The molecule has 1 atom stereocenters. The van der Waals surface area contributed by atoms with Crippen LogP contribution in [0.25, 0.3) is 0 Å². The minimum absolute atomic E-state index is 0.190. The predicted molar refractivity (Wildman–Crippen MR) is 52.1 cm³/mol. The summed E-state index contributed by atoms with van der Waals surface area (Å²) in [6.07, 6.45) is 0.967. The number of amides is 1. The highest BCUT2D eigenvalue weighted by Gasteiger charge is 2.25. The van der Waals surface area contributed by atoms with Crippen LogP contribution in [0, 0.1) is 5.92 Å². The molecule has 0 aliphatic heterocycles. The molecule has 0 saturated heterocycles. The zero-order valence-corrected chi connectivity index (χ0v) is 8.67. The fourth-order valence-electron chi connectivity index (χ4n) is 0.674. The van der Waals surface area contributed by atoms with E-state index in [2.05, 4.69) is 13.8 Å². The molecule has 0 heterocycles. The lowest BCUT2D eigenvalue weighted by Gasteiger charge is -2.20. The molecule has 1 unspecified atom stereocenters. The van der Waals surface area contributed by atoms with Gasteiger partial charge in [0.2, 0.25) is 5.91 Å². The van der Waals surface area contributed by atoms with E-state index in [0.29, 0.717) is 12.5 Å². The zero-order chi connectivity index (χ0) is 10.5. The fraction of sp³-hybridized carbons (Fsp3) is 0.889. The Hall–Kier alpha value is -0.610. The van der Waals surface area contributed by atoms with E-state index in [4.69, 9.17) is 16.2 Å². The predicted octanol–water partition coefficient (Wildman–Crippen LogP) is 0.252. The van der Waals surface area contributed by atoms with Crippen LogP contribution in [0.15, 0.2) is 0 Å². The van der Waals surface area contributed by atoms with Gasteiger partial charge in [0.1, 0.15) is 5.54 Å². The molecule has 0 aromatic carbocycles. The van der Waals surface area contributed by atoms with Crippen LogP contribution in [-0.2, 0) is 9.53 Å². The monoisotopic (exact) mass is 188 g/mol. The third kappa shape index (κ3) is 5.60. The topological polar surface area (TPSA) is 78.3 Å². The number of hydrogen-bond donors (Lipinski definition) is 2. The average molecular weight is 188 g/mol. The normalized spacial score (nSPS) is 15.8. The molecule has 0 spiro atoms. The van der Waals surface area contributed by atoms with Crippen molar-refractivity contribution >= 4 is 5.91 Å². The lowest BCUT2D eigenvalue weighted by molar-refractivity contribution is -0.124. The minimum Gasteiger partial charge on any atom is -0.379 e. The van der Waals surface area contributed by atoms with Gasteiger partial charge in [0.05, 0.1) is 6.61 Å². The van der Waals surface area contributed by atoms with Crippen molar-refractivity contribution in [3.05, 3.63) is 0 Å². The molecule has 0 rings (SSSR count). The van der Waals surface area contributed by atoms with Crippen LogP contribution in [0.4, 0.5) is 0 Å². The summed E-state index contributed by atoms with van der Waals surface area (Å²) in [7, 11) is 0. The van der Waals surface area contributed by atoms with Crippen molar-refractivity contribution in [3.8, 4) is 0 Å². The number of nitrogens with two attached hydrogens (primary N) is 2. The fourth-order valence-corrected chi connectivity index (χ4v) is 0.674. The summed E-state index contributed by atoms with van der Waals surface area (Å²) in [5.41, 5.74) is 9.60. The Labute approximate surface area is 79.6 Å². The molecule has 0 aromatic heterocycles. The first-order valence-electron chi connectivity index (χ1n) is 4.53. The molecule has 0 saturated carbocycles. The van der Waals surface area contributed by atoms with Crippen LogP contribution in [-0.4, -0.2) is 24.7 Å². The van der Waals surface area contributed by atoms with Crippen molar-refractivity contribution < 1.29 is 9.53 Å². The highest BCUT2D eigenvalue weighted by atomic mass is 16.5. The van der Waals surface area contributed by atoms with Crippen LogP contribution >= 0.6 is 0 Å². The molecule has 0 bridgehead atoms. The standard InChI is InChI=1S/C9H20N2O2/c1-7(2)4-5-13-6-9(3,11)8(10)12/h7H,4-6,11H2,1-3H3,(H2,10,12). The Morgan fingerprint density at radius 3 is 2.46 bits per heavy atom. The quantitative estimate of drug-likeness (QED) is 0.586. The number of ether oxygens (including phenoxy) is 1. The maximum absolute atomic E-state index is 10.8. The number of rotatable bonds is 6. The first-order chi connectivity index (χ1) is 5.86. The van der Waals surface area contributed by atoms with E-state index in [-0.39, 0.29) is 6.61 Å². The molecule has 0 fully saturated rings. The van der Waals surface area contributed by atoms with E-state index in [1.807, 2.05) is 0 Å². The van der Waals surface area contributed by atoms with Gasteiger partial charge in [0.15, 0.2) is 0 Å². The molecule has 4 heteroatoms. The van der Waals surface area contributed by atoms with Crippen molar-refractivity contribution in [2.24, 2.45) is 17.4 Å². The van der Waals surface area contributed by atoms with Crippen molar-refractivity contribution in [2.45, 2.75) is 32.7 Å². The van der Waals surface area contributed by atoms with Crippen molar-refractivity contribution in [1.82, 2.24) is 0 Å². The number of hydrogen-bond acceptors (Lipinski definition) is 3. The van der Waals surface area contributed by atoms with Gasteiger partial charge in [-0.25, -0.2) is 0 Å². The number of carbonyl (C=O) groups is 1. The summed E-state index contributed by atoms with van der Waals surface area (Å²) in [6.45, 7) is 6.61. The lowest BCUT2D eigenvalue weighted by atomic mass is 10.1. The van der Waals surface area contributed by atoms with E-state index in [1.54, 1.807) is 6.92 Å². The maximum Gasteiger partial charge on any atom is 0.239 e. The summed E-state index contributed by atoms with van der Waals surface area (Å²) in [4.78, 5) is 10.8. The van der Waals surface area contributed by atoms with Gasteiger partial charge in [-0.05, 0) is 19.3 Å². The maximum atomic E-state index is 10.8. The van der Waals surface area contributed by atoms with E-state index in [1.165, 1.54) is 0 Å². The molecule has 0 aromatic rings. The molecule has 13 heavy (non-hydrogen) atoms. The Balaban J connectivity index is 3.58. The molecular weight excluding hydrogens is 168 g/mol. The molecule has 1 amide bonds. The van der Waals surface area contributed by atoms with Gasteiger partial charge in [-0.1, -0.05) is 13.8 Å². The molecule has 4 N–H and O–H groups in total. The first kappa shape index (κ1) is 12.4. The summed E-state index contributed by atoms with van der Waals surface area (Å²) in [5, 5.41) is 0. The molecule has 0 aliphatic carbocycles. The van der Waals surface area contributed by atoms with E-state index < -0.39 is 11.4 Å². The lowest BCUT2D eigenvalue weighted by Crippen LogP contribution is -2.52. The molecule has 0 radical (unpaired) electrons. The Bertz CT molecular complexity index is 167. The van der Waals surface area contributed by atoms with Crippen molar-refractivity contribution in [2.75, 3.05) is 13.2 Å². The third-order valence-corrected chi connectivity index (χ3v) is 1.80. The van der Waals surface area contributed by atoms with Gasteiger partial charge >= 0.3 is 0 Å². The molecule has 4 nitrogen and oxygen atoms in total. The molecule has 0 aliphatic rings. The van der Waals surface area contributed by atoms with Crippen LogP contribution in [0.2, 0.25) is 0 Å². The first-order valence-corrected chi connectivity index (χ1v) is 4.53. The van der Waals surface area contributed by atoms with Crippen LogP contribution in [0.5, 0.6) is 0 Å². The van der Waals surface area contributed by atoms with E-state index >= 15 is 0 Å². The number of primary amides is 1. The summed E-state index contributed by atoms with van der Waals surface area (Å²) >= 11 is 0. The van der Waals surface area contributed by atoms with Crippen LogP contribution in [0.1, 0.15) is 27.2 Å². The Kier molecular flexibility index (Phi) is 4.95. The largest absolute Gasteiger partial charge is 0.379 e. The number of carbonyl (C=O) groups excluding carboxylic acids is 1. The molecular formula is C9H20N2O2. The van der Waals surface area contributed by atoms with Crippen molar-refractivity contribution in [3.63, 3.8) is 0 Å². The minimum atomic E-state index is -1.04. The average Bonchev–Trinajstić information content (AvgIpc) is 1.97. The van der Waals surface area contributed by atoms with Gasteiger partial charge < -0.3 is 16.2 Å². The second kappa shape index (κ2) is 5.19.